The molecule has 1 aromatic rings. The molecule has 136 valence electrons. The van der Waals surface area contributed by atoms with Crippen molar-refractivity contribution in [3.63, 3.8) is 0 Å². The molecule has 0 unspecified atom stereocenters. The lowest BCUT2D eigenvalue weighted by atomic mass is 9.92. The van der Waals surface area contributed by atoms with Crippen molar-refractivity contribution in [1.82, 2.24) is 15.5 Å². The Balaban J connectivity index is 2.23. The first-order chi connectivity index (χ1) is 11.5. The van der Waals surface area contributed by atoms with Crippen LogP contribution in [0.3, 0.4) is 0 Å². The van der Waals surface area contributed by atoms with E-state index in [1.165, 1.54) is 6.07 Å². The zero-order valence-electron chi connectivity index (χ0n) is 14.6. The van der Waals surface area contributed by atoms with Gasteiger partial charge in [-0.1, -0.05) is 36.2 Å². The smallest absolute Gasteiger partial charge is 0.325 e. The fraction of sp³-hybridized carbons (Fsp3) is 0.471. The van der Waals surface area contributed by atoms with Gasteiger partial charge in [0.15, 0.2) is 0 Å². The van der Waals surface area contributed by atoms with Crippen molar-refractivity contribution >= 4 is 41.0 Å². The molecule has 0 bridgehead atoms. The van der Waals surface area contributed by atoms with Crippen molar-refractivity contribution in [1.29, 1.82) is 0 Å². The third-order valence-corrected chi connectivity index (χ3v) is 4.96. The normalized spacial score (nSPS) is 20.6. The fourth-order valence-electron chi connectivity index (χ4n) is 2.57. The molecule has 0 aliphatic carbocycles. The van der Waals surface area contributed by atoms with Crippen LogP contribution in [-0.2, 0) is 15.1 Å². The predicted molar refractivity (Wildman–Crippen MR) is 96.6 cm³/mol. The standard InChI is InChI=1S/C17H21Cl2N3O3/c1-5-16(2,3)20-13(23)9-22-14(24)17(4,21-15(22)25)11-7-6-10(18)8-12(11)19/h6-8H,5,9H2,1-4H3,(H,20,23)(H,21,25)/t17-/m0/s1. The van der Waals surface area contributed by atoms with Gasteiger partial charge < -0.3 is 10.6 Å². The molecule has 1 heterocycles. The Hall–Kier alpha value is -1.79. The van der Waals surface area contributed by atoms with E-state index in [1.54, 1.807) is 19.1 Å². The summed E-state index contributed by atoms with van der Waals surface area (Å²) in [4.78, 5) is 38.2. The summed E-state index contributed by atoms with van der Waals surface area (Å²) in [6, 6.07) is 4.05. The molecule has 2 N–H and O–H groups in total. The van der Waals surface area contributed by atoms with E-state index in [4.69, 9.17) is 23.2 Å². The molecule has 6 nitrogen and oxygen atoms in total. The highest BCUT2D eigenvalue weighted by molar-refractivity contribution is 6.35. The van der Waals surface area contributed by atoms with E-state index in [1.807, 2.05) is 20.8 Å². The molecule has 2 rings (SSSR count). The van der Waals surface area contributed by atoms with Crippen molar-refractivity contribution in [3.8, 4) is 0 Å². The second-order valence-electron chi connectivity index (χ2n) is 6.86. The summed E-state index contributed by atoms with van der Waals surface area (Å²) in [5, 5.41) is 6.11. The number of imide groups is 1. The lowest BCUT2D eigenvalue weighted by Gasteiger charge is -2.26. The van der Waals surface area contributed by atoms with Crippen LogP contribution in [0, 0.1) is 0 Å². The van der Waals surface area contributed by atoms with Gasteiger partial charge in [-0.25, -0.2) is 4.79 Å². The Morgan fingerprint density at radius 3 is 2.52 bits per heavy atom. The minimum absolute atomic E-state index is 0.266. The molecule has 1 atom stereocenters. The number of rotatable bonds is 5. The zero-order valence-corrected chi connectivity index (χ0v) is 16.1. The van der Waals surface area contributed by atoms with Gasteiger partial charge in [0, 0.05) is 21.1 Å². The number of hydrogen-bond acceptors (Lipinski definition) is 3. The van der Waals surface area contributed by atoms with Crippen LogP contribution in [-0.4, -0.2) is 34.8 Å². The molecule has 4 amide bonds. The van der Waals surface area contributed by atoms with Crippen molar-refractivity contribution in [3.05, 3.63) is 33.8 Å². The zero-order chi connectivity index (χ0) is 19.0. The van der Waals surface area contributed by atoms with E-state index in [-0.39, 0.29) is 11.6 Å². The number of halogens is 2. The van der Waals surface area contributed by atoms with Gasteiger partial charge in [-0.05, 0) is 39.3 Å². The van der Waals surface area contributed by atoms with Gasteiger partial charge >= 0.3 is 6.03 Å². The number of urea groups is 1. The molecule has 0 aromatic heterocycles. The lowest BCUT2D eigenvalue weighted by molar-refractivity contribution is -0.135. The molecular formula is C17H21Cl2N3O3. The highest BCUT2D eigenvalue weighted by atomic mass is 35.5. The first-order valence-corrected chi connectivity index (χ1v) is 8.66. The number of carbonyl (C=O) groups excluding carboxylic acids is 3. The Morgan fingerprint density at radius 1 is 1.32 bits per heavy atom. The topological polar surface area (TPSA) is 78.5 Å². The Morgan fingerprint density at radius 2 is 1.96 bits per heavy atom. The average Bonchev–Trinajstić information content (AvgIpc) is 2.70. The SMILES string of the molecule is CCC(C)(C)NC(=O)CN1C(=O)N[C@@](C)(c2ccc(Cl)cc2Cl)C1=O. The highest BCUT2D eigenvalue weighted by Gasteiger charge is 2.50. The molecule has 1 aliphatic heterocycles. The molecule has 25 heavy (non-hydrogen) atoms. The van der Waals surface area contributed by atoms with Gasteiger partial charge in [0.2, 0.25) is 5.91 Å². The first-order valence-electron chi connectivity index (χ1n) is 7.91. The summed E-state index contributed by atoms with van der Waals surface area (Å²) in [5.74, 6) is -0.937. The number of nitrogens with one attached hydrogen (secondary N) is 2. The monoisotopic (exact) mass is 385 g/mol. The van der Waals surface area contributed by atoms with Crippen molar-refractivity contribution in [2.75, 3.05) is 6.54 Å². The molecule has 1 saturated heterocycles. The summed E-state index contributed by atoms with van der Waals surface area (Å²) < 4.78 is 0. The largest absolute Gasteiger partial charge is 0.350 e. The molecule has 0 saturated carbocycles. The van der Waals surface area contributed by atoms with E-state index >= 15 is 0 Å². The summed E-state index contributed by atoms with van der Waals surface area (Å²) in [6.07, 6.45) is 0.719. The Kier molecular flexibility index (Phi) is 5.35. The second-order valence-corrected chi connectivity index (χ2v) is 7.70. The van der Waals surface area contributed by atoms with Crippen LogP contribution in [0.25, 0.3) is 0 Å². The number of amides is 4. The summed E-state index contributed by atoms with van der Waals surface area (Å²) >= 11 is 12.1. The third kappa shape index (κ3) is 3.90. The quantitative estimate of drug-likeness (QED) is 0.764. The third-order valence-electron chi connectivity index (χ3n) is 4.41. The van der Waals surface area contributed by atoms with Crippen LogP contribution in [0.2, 0.25) is 10.0 Å². The van der Waals surface area contributed by atoms with Gasteiger partial charge in [-0.2, -0.15) is 0 Å². The van der Waals surface area contributed by atoms with Crippen molar-refractivity contribution in [2.45, 2.75) is 45.2 Å². The van der Waals surface area contributed by atoms with Crippen molar-refractivity contribution < 1.29 is 14.4 Å². The van der Waals surface area contributed by atoms with Gasteiger partial charge in [-0.15, -0.1) is 0 Å². The lowest BCUT2D eigenvalue weighted by Crippen LogP contribution is -2.49. The maximum Gasteiger partial charge on any atom is 0.325 e. The molecule has 0 radical (unpaired) electrons. The van der Waals surface area contributed by atoms with E-state index in [0.29, 0.717) is 10.6 Å². The average molecular weight is 386 g/mol. The summed E-state index contributed by atoms with van der Waals surface area (Å²) in [6.45, 7) is 6.88. The number of carbonyl (C=O) groups is 3. The molecule has 8 heteroatoms. The molecule has 0 spiro atoms. The summed E-state index contributed by atoms with van der Waals surface area (Å²) in [5.41, 5.74) is -1.34. The minimum atomic E-state index is -1.35. The van der Waals surface area contributed by atoms with Crippen LogP contribution >= 0.6 is 23.2 Å². The second kappa shape index (κ2) is 6.84. The molecular weight excluding hydrogens is 365 g/mol. The predicted octanol–water partition coefficient (Wildman–Crippen LogP) is 3.07. The molecule has 1 fully saturated rings. The van der Waals surface area contributed by atoms with Gasteiger partial charge in [-0.3, -0.25) is 14.5 Å². The van der Waals surface area contributed by atoms with E-state index in [2.05, 4.69) is 10.6 Å². The van der Waals surface area contributed by atoms with E-state index < -0.39 is 28.9 Å². The minimum Gasteiger partial charge on any atom is -0.350 e. The van der Waals surface area contributed by atoms with E-state index in [0.717, 1.165) is 11.3 Å². The van der Waals surface area contributed by atoms with Crippen molar-refractivity contribution in [2.24, 2.45) is 0 Å². The maximum atomic E-state index is 12.8. The number of benzene rings is 1. The molecule has 1 aliphatic rings. The van der Waals surface area contributed by atoms with E-state index in [9.17, 15) is 14.4 Å². The Labute approximate surface area is 156 Å². The summed E-state index contributed by atoms with van der Waals surface area (Å²) in [7, 11) is 0. The van der Waals surface area contributed by atoms with Crippen LogP contribution in [0.4, 0.5) is 4.79 Å². The van der Waals surface area contributed by atoms with Crippen LogP contribution in [0.5, 0.6) is 0 Å². The van der Waals surface area contributed by atoms with Gasteiger partial charge in [0.05, 0.1) is 0 Å². The molecule has 1 aromatic carbocycles. The van der Waals surface area contributed by atoms with Crippen LogP contribution in [0.15, 0.2) is 18.2 Å². The van der Waals surface area contributed by atoms with Gasteiger partial charge in [0.25, 0.3) is 5.91 Å². The first kappa shape index (κ1) is 19.5. The fourth-order valence-corrected chi connectivity index (χ4v) is 3.16. The highest BCUT2D eigenvalue weighted by Crippen LogP contribution is 2.34. The van der Waals surface area contributed by atoms with Gasteiger partial charge in [0.1, 0.15) is 12.1 Å². The number of nitrogens with zero attached hydrogens (tertiary/aromatic N) is 1. The maximum absolute atomic E-state index is 12.8. The Bertz CT molecular complexity index is 736. The van der Waals surface area contributed by atoms with Crippen LogP contribution in [0.1, 0.15) is 39.7 Å². The van der Waals surface area contributed by atoms with Crippen LogP contribution < -0.4 is 10.6 Å². The number of hydrogen-bond donors (Lipinski definition) is 2.